The average Bonchev–Trinajstić information content (AvgIpc) is 2.50. The minimum absolute atomic E-state index is 0.420. The normalized spacial score (nSPS) is 10.2. The first-order chi connectivity index (χ1) is 10.2. The summed E-state index contributed by atoms with van der Waals surface area (Å²) < 4.78 is 10.5. The van der Waals surface area contributed by atoms with Crippen molar-refractivity contribution in [2.75, 3.05) is 31.4 Å². The summed E-state index contributed by atoms with van der Waals surface area (Å²) in [5, 5.41) is 0. The number of aromatic nitrogens is 2. The van der Waals surface area contributed by atoms with Crippen LogP contribution in [0.25, 0.3) is 0 Å². The molecule has 0 saturated carbocycles. The Morgan fingerprint density at radius 3 is 2.52 bits per heavy atom. The zero-order valence-electron chi connectivity index (χ0n) is 12.5. The molecule has 0 saturated heterocycles. The van der Waals surface area contributed by atoms with E-state index in [0.29, 0.717) is 30.5 Å². The lowest BCUT2D eigenvalue weighted by Gasteiger charge is -2.20. The summed E-state index contributed by atoms with van der Waals surface area (Å²) in [6.45, 7) is 3.09. The van der Waals surface area contributed by atoms with E-state index in [-0.39, 0.29) is 0 Å². The quantitative estimate of drug-likeness (QED) is 0.877. The van der Waals surface area contributed by atoms with Crippen molar-refractivity contribution in [1.29, 1.82) is 0 Å². The summed E-state index contributed by atoms with van der Waals surface area (Å²) in [5.74, 6) is 1.91. The van der Waals surface area contributed by atoms with Gasteiger partial charge in [-0.05, 0) is 24.6 Å². The number of hydrogen-bond acceptors (Lipinski definition) is 6. The smallest absolute Gasteiger partial charge is 0.242 e. The zero-order valence-corrected chi connectivity index (χ0v) is 12.5. The summed E-state index contributed by atoms with van der Waals surface area (Å²) >= 11 is 0. The molecule has 0 spiro atoms. The van der Waals surface area contributed by atoms with Gasteiger partial charge in [0.15, 0.2) is 5.82 Å². The van der Waals surface area contributed by atoms with Crippen LogP contribution < -0.4 is 20.1 Å². The fourth-order valence-corrected chi connectivity index (χ4v) is 2.01. The van der Waals surface area contributed by atoms with E-state index in [2.05, 4.69) is 9.97 Å². The van der Waals surface area contributed by atoms with Crippen molar-refractivity contribution in [1.82, 2.24) is 9.97 Å². The van der Waals surface area contributed by atoms with Crippen molar-refractivity contribution in [2.24, 2.45) is 0 Å². The Morgan fingerprint density at radius 1 is 1.19 bits per heavy atom. The van der Waals surface area contributed by atoms with Crippen molar-refractivity contribution in [3.63, 3.8) is 0 Å². The van der Waals surface area contributed by atoms with Crippen LogP contribution in [0.15, 0.2) is 30.6 Å². The molecule has 6 heteroatoms. The lowest BCUT2D eigenvalue weighted by Crippen LogP contribution is -2.20. The second-order valence-corrected chi connectivity index (χ2v) is 4.55. The average molecular weight is 288 g/mol. The second kappa shape index (κ2) is 6.78. The third kappa shape index (κ3) is 3.53. The number of anilines is 2. The van der Waals surface area contributed by atoms with E-state index >= 15 is 0 Å². The lowest BCUT2D eigenvalue weighted by atomic mass is 10.2. The van der Waals surface area contributed by atoms with E-state index in [0.717, 1.165) is 11.3 Å². The first-order valence-electron chi connectivity index (χ1n) is 6.73. The van der Waals surface area contributed by atoms with Crippen LogP contribution >= 0.6 is 0 Å². The molecule has 6 nitrogen and oxygen atoms in total. The maximum absolute atomic E-state index is 6.06. The molecule has 2 aromatic rings. The van der Waals surface area contributed by atoms with Crippen LogP contribution in [0.1, 0.15) is 12.5 Å². The van der Waals surface area contributed by atoms with Crippen molar-refractivity contribution in [3.05, 3.63) is 36.2 Å². The molecule has 0 atom stereocenters. The highest BCUT2D eigenvalue weighted by Gasteiger charge is 2.13. The van der Waals surface area contributed by atoms with Crippen LogP contribution in [0, 0.1) is 0 Å². The minimum Gasteiger partial charge on any atom is -0.497 e. The molecule has 112 valence electrons. The summed E-state index contributed by atoms with van der Waals surface area (Å²) in [4.78, 5) is 10.2. The van der Waals surface area contributed by atoms with E-state index in [1.165, 1.54) is 6.33 Å². The Bertz CT molecular complexity index is 587. The van der Waals surface area contributed by atoms with Crippen LogP contribution in [0.4, 0.5) is 11.5 Å². The van der Waals surface area contributed by atoms with Crippen LogP contribution in [0.5, 0.6) is 11.6 Å². The third-order valence-electron chi connectivity index (χ3n) is 3.05. The molecule has 0 aliphatic rings. The van der Waals surface area contributed by atoms with Crippen LogP contribution in [-0.2, 0) is 6.54 Å². The molecule has 0 amide bonds. The van der Waals surface area contributed by atoms with Crippen LogP contribution in [0.3, 0.4) is 0 Å². The molecule has 1 aromatic heterocycles. The van der Waals surface area contributed by atoms with Crippen LogP contribution in [0.2, 0.25) is 0 Å². The monoisotopic (exact) mass is 288 g/mol. The number of ether oxygens (including phenoxy) is 2. The number of methoxy groups -OCH3 is 1. The highest BCUT2D eigenvalue weighted by molar-refractivity contribution is 5.67. The zero-order chi connectivity index (χ0) is 15.2. The number of nitrogens with two attached hydrogens (primary N) is 1. The fraction of sp³-hybridized carbons (Fsp3) is 0.333. The summed E-state index contributed by atoms with van der Waals surface area (Å²) in [5.41, 5.74) is 7.65. The predicted octanol–water partition coefficient (Wildman–Crippen LogP) is 2.10. The maximum Gasteiger partial charge on any atom is 0.242 e. The Hall–Kier alpha value is -2.50. The molecule has 2 N–H and O–H groups in total. The topological polar surface area (TPSA) is 73.5 Å². The first-order valence-corrected chi connectivity index (χ1v) is 6.73. The second-order valence-electron chi connectivity index (χ2n) is 4.55. The Kier molecular flexibility index (Phi) is 4.81. The molecule has 0 unspecified atom stereocenters. The molecule has 1 aromatic carbocycles. The lowest BCUT2D eigenvalue weighted by molar-refractivity contribution is 0.328. The van der Waals surface area contributed by atoms with Gasteiger partial charge < -0.3 is 20.1 Å². The number of rotatable bonds is 6. The molecule has 1 heterocycles. The van der Waals surface area contributed by atoms with Gasteiger partial charge >= 0.3 is 0 Å². The Morgan fingerprint density at radius 2 is 1.90 bits per heavy atom. The Labute approximate surface area is 124 Å². The van der Waals surface area contributed by atoms with Crippen molar-refractivity contribution < 1.29 is 9.47 Å². The minimum atomic E-state index is 0.420. The highest BCUT2D eigenvalue weighted by Crippen LogP contribution is 2.28. The highest BCUT2D eigenvalue weighted by atomic mass is 16.5. The fourth-order valence-electron chi connectivity index (χ4n) is 2.01. The van der Waals surface area contributed by atoms with E-state index < -0.39 is 0 Å². The maximum atomic E-state index is 6.06. The molecule has 0 aliphatic carbocycles. The first kappa shape index (κ1) is 14.9. The van der Waals surface area contributed by atoms with Crippen molar-refractivity contribution in [3.8, 4) is 11.6 Å². The van der Waals surface area contributed by atoms with E-state index in [4.69, 9.17) is 15.2 Å². The van der Waals surface area contributed by atoms with Gasteiger partial charge in [0.25, 0.3) is 0 Å². The van der Waals surface area contributed by atoms with Gasteiger partial charge in [0.05, 0.1) is 13.7 Å². The predicted molar refractivity (Wildman–Crippen MR) is 82.7 cm³/mol. The Balaban J connectivity index is 2.15. The SMILES string of the molecule is CCOc1ncnc(N(C)Cc2ccc(OC)cc2)c1N. The van der Waals surface area contributed by atoms with Gasteiger partial charge in [-0.2, -0.15) is 4.98 Å². The van der Waals surface area contributed by atoms with Crippen molar-refractivity contribution >= 4 is 11.5 Å². The molecule has 21 heavy (non-hydrogen) atoms. The molecule has 2 rings (SSSR count). The van der Waals surface area contributed by atoms with Gasteiger partial charge in [0.2, 0.25) is 5.88 Å². The van der Waals surface area contributed by atoms with Gasteiger partial charge in [0, 0.05) is 13.6 Å². The molecular formula is C15H20N4O2. The number of nitrogens with zero attached hydrogens (tertiary/aromatic N) is 3. The van der Waals surface area contributed by atoms with Gasteiger partial charge in [-0.25, -0.2) is 4.98 Å². The molecular weight excluding hydrogens is 268 g/mol. The molecule has 0 aliphatic heterocycles. The van der Waals surface area contributed by atoms with Gasteiger partial charge in [-0.3, -0.25) is 0 Å². The molecule has 0 radical (unpaired) electrons. The van der Waals surface area contributed by atoms with Gasteiger partial charge in [-0.15, -0.1) is 0 Å². The van der Waals surface area contributed by atoms with E-state index in [1.54, 1.807) is 7.11 Å². The van der Waals surface area contributed by atoms with E-state index in [9.17, 15) is 0 Å². The van der Waals surface area contributed by atoms with Crippen LogP contribution in [-0.4, -0.2) is 30.7 Å². The van der Waals surface area contributed by atoms with E-state index in [1.807, 2.05) is 43.1 Å². The summed E-state index contributed by atoms with van der Waals surface area (Å²) in [6.07, 6.45) is 1.46. The number of benzene rings is 1. The molecule has 0 fully saturated rings. The number of nitrogen functional groups attached to an aromatic ring is 1. The molecule has 0 bridgehead atoms. The largest absolute Gasteiger partial charge is 0.497 e. The van der Waals surface area contributed by atoms with Gasteiger partial charge in [0.1, 0.15) is 17.8 Å². The number of hydrogen-bond donors (Lipinski definition) is 1. The van der Waals surface area contributed by atoms with Gasteiger partial charge in [-0.1, -0.05) is 12.1 Å². The third-order valence-corrected chi connectivity index (χ3v) is 3.05. The summed E-state index contributed by atoms with van der Waals surface area (Å²) in [6, 6.07) is 7.88. The summed E-state index contributed by atoms with van der Waals surface area (Å²) in [7, 11) is 3.58. The van der Waals surface area contributed by atoms with Crippen molar-refractivity contribution in [2.45, 2.75) is 13.5 Å². The standard InChI is InChI=1S/C15H20N4O2/c1-4-21-15-13(16)14(17-10-18-15)19(2)9-11-5-7-12(20-3)8-6-11/h5-8,10H,4,9,16H2,1-3H3.